The predicted octanol–water partition coefficient (Wildman–Crippen LogP) is 2.07. The van der Waals surface area contributed by atoms with Crippen LogP contribution in [-0.4, -0.2) is 20.9 Å². The number of hydrogen-bond donors (Lipinski definition) is 1. The third kappa shape index (κ3) is 3.24. The second-order valence-corrected chi connectivity index (χ2v) is 4.85. The Morgan fingerprint density at radius 1 is 1.17 bits per heavy atom. The molecule has 3 aromatic rings. The van der Waals surface area contributed by atoms with Crippen molar-refractivity contribution in [3.05, 3.63) is 77.6 Å². The minimum absolute atomic E-state index is 0.247. The number of nitrogens with one attached hydrogen (secondary N) is 1. The molecule has 0 unspecified atom stereocenters. The van der Waals surface area contributed by atoms with Gasteiger partial charge in [0.05, 0.1) is 35.8 Å². The number of nitriles is 1. The molecule has 1 aromatic heterocycles. The molecule has 23 heavy (non-hydrogen) atoms. The summed E-state index contributed by atoms with van der Waals surface area (Å²) in [4.78, 5) is 12.2. The number of carbonyl (C=O) groups is 1. The minimum Gasteiger partial charge on any atom is -0.346 e. The maximum Gasteiger partial charge on any atom is 0.251 e. The third-order valence-electron chi connectivity index (χ3n) is 3.30. The van der Waals surface area contributed by atoms with Crippen molar-refractivity contribution >= 4 is 5.91 Å². The normalized spacial score (nSPS) is 10.0. The summed E-state index contributed by atoms with van der Waals surface area (Å²) in [5, 5.41) is 19.6. The van der Waals surface area contributed by atoms with Crippen LogP contribution in [0, 0.1) is 11.3 Å². The molecule has 0 bridgehead atoms. The van der Waals surface area contributed by atoms with Crippen molar-refractivity contribution in [2.75, 3.05) is 0 Å². The van der Waals surface area contributed by atoms with E-state index in [2.05, 4.69) is 15.6 Å². The molecule has 0 fully saturated rings. The van der Waals surface area contributed by atoms with Gasteiger partial charge in [0.2, 0.25) is 0 Å². The van der Waals surface area contributed by atoms with Crippen LogP contribution in [0.1, 0.15) is 21.6 Å². The molecule has 1 N–H and O–H groups in total. The fourth-order valence-corrected chi connectivity index (χ4v) is 2.17. The Hall–Kier alpha value is -3.46. The minimum atomic E-state index is -0.247. The molecule has 112 valence electrons. The van der Waals surface area contributed by atoms with Crippen molar-refractivity contribution in [1.29, 1.82) is 5.26 Å². The summed E-state index contributed by atoms with van der Waals surface area (Å²) < 4.78 is 1.67. The van der Waals surface area contributed by atoms with E-state index in [1.54, 1.807) is 35.1 Å². The summed E-state index contributed by atoms with van der Waals surface area (Å²) in [5.41, 5.74) is 2.54. The first kappa shape index (κ1) is 14.5. The average Bonchev–Trinajstić information content (AvgIpc) is 3.09. The van der Waals surface area contributed by atoms with Gasteiger partial charge < -0.3 is 5.32 Å². The van der Waals surface area contributed by atoms with Gasteiger partial charge in [0.1, 0.15) is 0 Å². The maximum absolute atomic E-state index is 12.2. The lowest BCUT2D eigenvalue weighted by Gasteiger charge is -2.08. The molecule has 1 heterocycles. The van der Waals surface area contributed by atoms with Gasteiger partial charge in [-0.05, 0) is 30.3 Å². The number of carbonyl (C=O) groups excluding carboxylic acids is 1. The van der Waals surface area contributed by atoms with Gasteiger partial charge in [-0.3, -0.25) is 4.79 Å². The van der Waals surface area contributed by atoms with Crippen LogP contribution < -0.4 is 5.32 Å². The molecule has 6 heteroatoms. The first-order chi connectivity index (χ1) is 11.3. The topological polar surface area (TPSA) is 83.6 Å². The van der Waals surface area contributed by atoms with Gasteiger partial charge in [-0.15, -0.1) is 5.10 Å². The highest BCUT2D eigenvalue weighted by atomic mass is 16.1. The molecule has 0 atom stereocenters. The lowest BCUT2D eigenvalue weighted by molar-refractivity contribution is 0.0950. The zero-order chi connectivity index (χ0) is 16.1. The van der Waals surface area contributed by atoms with Crippen molar-refractivity contribution in [2.24, 2.45) is 0 Å². The van der Waals surface area contributed by atoms with Crippen molar-refractivity contribution in [3.63, 3.8) is 0 Å². The van der Waals surface area contributed by atoms with Crippen molar-refractivity contribution in [1.82, 2.24) is 20.3 Å². The quantitative estimate of drug-likeness (QED) is 0.799. The first-order valence-corrected chi connectivity index (χ1v) is 7.01. The highest BCUT2D eigenvalue weighted by Crippen LogP contribution is 2.09. The Morgan fingerprint density at radius 3 is 2.78 bits per heavy atom. The Labute approximate surface area is 133 Å². The highest BCUT2D eigenvalue weighted by molar-refractivity contribution is 5.94. The molecule has 0 saturated carbocycles. The lowest BCUT2D eigenvalue weighted by Crippen LogP contribution is -2.24. The smallest absolute Gasteiger partial charge is 0.251 e. The molecule has 0 aliphatic heterocycles. The SMILES string of the molecule is N#Cc1cccc(C(=O)NCc2cnnn2-c2ccccc2)c1. The lowest BCUT2D eigenvalue weighted by atomic mass is 10.1. The van der Waals surface area contributed by atoms with E-state index in [0.717, 1.165) is 11.4 Å². The van der Waals surface area contributed by atoms with Gasteiger partial charge >= 0.3 is 0 Å². The van der Waals surface area contributed by atoms with Crippen LogP contribution in [0.2, 0.25) is 0 Å². The summed E-state index contributed by atoms with van der Waals surface area (Å²) in [6.07, 6.45) is 1.61. The van der Waals surface area contributed by atoms with E-state index < -0.39 is 0 Å². The van der Waals surface area contributed by atoms with Gasteiger partial charge in [0.25, 0.3) is 5.91 Å². The zero-order valence-electron chi connectivity index (χ0n) is 12.2. The number of hydrogen-bond acceptors (Lipinski definition) is 4. The monoisotopic (exact) mass is 303 g/mol. The summed E-state index contributed by atoms with van der Waals surface area (Å²) in [7, 11) is 0. The average molecular weight is 303 g/mol. The maximum atomic E-state index is 12.2. The number of aromatic nitrogens is 3. The number of nitrogens with zero attached hydrogens (tertiary/aromatic N) is 4. The van der Waals surface area contributed by atoms with Gasteiger partial charge in [-0.25, -0.2) is 4.68 Å². The van der Waals surface area contributed by atoms with Crippen LogP contribution in [0.4, 0.5) is 0 Å². The number of para-hydroxylation sites is 1. The Kier molecular flexibility index (Phi) is 4.11. The van der Waals surface area contributed by atoms with E-state index in [0.29, 0.717) is 11.1 Å². The number of amides is 1. The molecule has 0 aliphatic rings. The van der Waals surface area contributed by atoms with Crippen LogP contribution in [0.25, 0.3) is 5.69 Å². The molecule has 0 radical (unpaired) electrons. The van der Waals surface area contributed by atoms with Crippen LogP contribution in [0.3, 0.4) is 0 Å². The standard InChI is InChI=1S/C17H13N5O/c18-10-13-5-4-6-14(9-13)17(23)19-11-16-12-20-21-22(16)15-7-2-1-3-8-15/h1-9,12H,11H2,(H,19,23). The van der Waals surface area contributed by atoms with Crippen molar-refractivity contribution in [3.8, 4) is 11.8 Å². The van der Waals surface area contributed by atoms with E-state index in [9.17, 15) is 4.79 Å². The summed E-state index contributed by atoms with van der Waals surface area (Å²) in [6.45, 7) is 0.289. The van der Waals surface area contributed by atoms with Crippen molar-refractivity contribution < 1.29 is 4.79 Å². The predicted molar refractivity (Wildman–Crippen MR) is 83.7 cm³/mol. The molecule has 3 rings (SSSR count). The van der Waals surface area contributed by atoms with Crippen LogP contribution in [0.5, 0.6) is 0 Å². The van der Waals surface area contributed by atoms with Crippen LogP contribution >= 0.6 is 0 Å². The molecule has 0 spiro atoms. The van der Waals surface area contributed by atoms with Gasteiger partial charge in [-0.2, -0.15) is 5.26 Å². The van der Waals surface area contributed by atoms with Crippen molar-refractivity contribution in [2.45, 2.75) is 6.54 Å². The zero-order valence-corrected chi connectivity index (χ0v) is 12.2. The van der Waals surface area contributed by atoms with E-state index in [-0.39, 0.29) is 12.5 Å². The molecular formula is C17H13N5O. The Bertz CT molecular complexity index is 864. The van der Waals surface area contributed by atoms with Gasteiger partial charge in [0, 0.05) is 5.56 Å². The molecule has 0 saturated heterocycles. The summed E-state index contributed by atoms with van der Waals surface area (Å²) >= 11 is 0. The first-order valence-electron chi connectivity index (χ1n) is 7.01. The van der Waals surface area contributed by atoms with Gasteiger partial charge in [-0.1, -0.05) is 29.5 Å². The number of rotatable bonds is 4. The Balaban J connectivity index is 1.73. The molecular weight excluding hydrogens is 290 g/mol. The second-order valence-electron chi connectivity index (χ2n) is 4.85. The Morgan fingerprint density at radius 2 is 2.00 bits per heavy atom. The molecule has 0 aliphatic carbocycles. The van der Waals surface area contributed by atoms with E-state index in [1.807, 2.05) is 36.4 Å². The fourth-order valence-electron chi connectivity index (χ4n) is 2.17. The highest BCUT2D eigenvalue weighted by Gasteiger charge is 2.10. The van der Waals surface area contributed by atoms with Crippen LogP contribution in [0.15, 0.2) is 60.8 Å². The molecule has 2 aromatic carbocycles. The van der Waals surface area contributed by atoms with E-state index in [1.165, 1.54) is 0 Å². The van der Waals surface area contributed by atoms with Gasteiger partial charge in [0.15, 0.2) is 0 Å². The summed E-state index contributed by atoms with van der Waals surface area (Å²) in [6, 6.07) is 18.2. The van der Waals surface area contributed by atoms with E-state index in [4.69, 9.17) is 5.26 Å². The molecule has 6 nitrogen and oxygen atoms in total. The molecule has 1 amide bonds. The summed E-state index contributed by atoms with van der Waals surface area (Å²) in [5.74, 6) is -0.247. The number of benzene rings is 2. The third-order valence-corrected chi connectivity index (χ3v) is 3.30. The fraction of sp³-hybridized carbons (Fsp3) is 0.0588. The largest absolute Gasteiger partial charge is 0.346 e. The van der Waals surface area contributed by atoms with E-state index >= 15 is 0 Å². The van der Waals surface area contributed by atoms with Crippen LogP contribution in [-0.2, 0) is 6.54 Å². The second kappa shape index (κ2) is 6.54.